The molecule has 4 nitrogen and oxygen atoms in total. The van der Waals surface area contributed by atoms with Crippen LogP contribution in [0.1, 0.15) is 52.0 Å². The number of anilines is 2. The van der Waals surface area contributed by atoms with Crippen LogP contribution in [-0.2, 0) is 0 Å². The van der Waals surface area contributed by atoms with Gasteiger partial charge in [0.1, 0.15) is 18.0 Å². The van der Waals surface area contributed by atoms with Gasteiger partial charge >= 0.3 is 0 Å². The number of aromatic nitrogens is 2. The van der Waals surface area contributed by atoms with Crippen LogP contribution in [0.4, 0.5) is 11.6 Å². The molecule has 1 aliphatic carbocycles. The van der Waals surface area contributed by atoms with Gasteiger partial charge in [0.2, 0.25) is 0 Å². The number of nitrogens with one attached hydrogen (secondary N) is 2. The fraction of sp³-hybridized carbons (Fsp3) is 0.714. The molecule has 2 N–H and O–H groups in total. The summed E-state index contributed by atoms with van der Waals surface area (Å²) in [7, 11) is 0. The molecule has 0 bridgehead atoms. The summed E-state index contributed by atoms with van der Waals surface area (Å²) >= 11 is 0. The largest absolute Gasteiger partial charge is 0.370 e. The lowest BCUT2D eigenvalue weighted by molar-refractivity contribution is 0.685. The Morgan fingerprint density at radius 2 is 1.89 bits per heavy atom. The third-order valence-corrected chi connectivity index (χ3v) is 3.50. The first kappa shape index (κ1) is 13.1. The molecular weight excluding hydrogens is 224 g/mol. The van der Waals surface area contributed by atoms with E-state index in [1.54, 1.807) is 6.33 Å². The lowest BCUT2D eigenvalue weighted by Gasteiger charge is -2.20. The van der Waals surface area contributed by atoms with Gasteiger partial charge < -0.3 is 10.6 Å². The third kappa shape index (κ3) is 2.92. The first-order chi connectivity index (χ1) is 8.63. The van der Waals surface area contributed by atoms with Gasteiger partial charge in [-0.3, -0.25) is 0 Å². The third-order valence-electron chi connectivity index (χ3n) is 3.50. The van der Waals surface area contributed by atoms with Crippen LogP contribution in [0, 0.1) is 5.92 Å². The van der Waals surface area contributed by atoms with Gasteiger partial charge in [0.05, 0.1) is 0 Å². The molecule has 1 aliphatic rings. The lowest BCUT2D eigenvalue weighted by Crippen LogP contribution is -2.20. The molecule has 1 fully saturated rings. The van der Waals surface area contributed by atoms with Gasteiger partial charge in [0.25, 0.3) is 0 Å². The van der Waals surface area contributed by atoms with Crippen LogP contribution in [0.25, 0.3) is 0 Å². The molecule has 2 rings (SSSR count). The summed E-state index contributed by atoms with van der Waals surface area (Å²) in [6.45, 7) is 9.59. The van der Waals surface area contributed by atoms with E-state index in [-0.39, 0.29) is 0 Å². The quantitative estimate of drug-likeness (QED) is 0.811. The average Bonchev–Trinajstić information content (AvgIpc) is 3.12. The fourth-order valence-corrected chi connectivity index (χ4v) is 2.30. The molecule has 1 heterocycles. The van der Waals surface area contributed by atoms with Crippen molar-refractivity contribution in [3.8, 4) is 0 Å². The van der Waals surface area contributed by atoms with Crippen LogP contribution in [0.2, 0.25) is 0 Å². The highest BCUT2D eigenvalue weighted by Gasteiger charge is 2.29. The Morgan fingerprint density at radius 3 is 2.44 bits per heavy atom. The van der Waals surface area contributed by atoms with Crippen molar-refractivity contribution in [2.45, 2.75) is 52.5 Å². The van der Waals surface area contributed by atoms with E-state index in [4.69, 9.17) is 0 Å². The van der Waals surface area contributed by atoms with Crippen molar-refractivity contribution in [3.63, 3.8) is 0 Å². The minimum absolute atomic E-state index is 0.411. The number of rotatable bonds is 6. The van der Waals surface area contributed by atoms with Crippen LogP contribution >= 0.6 is 0 Å². The van der Waals surface area contributed by atoms with Gasteiger partial charge in [-0.05, 0) is 38.5 Å². The molecule has 0 saturated heterocycles. The highest BCUT2D eigenvalue weighted by atomic mass is 15.1. The second kappa shape index (κ2) is 5.55. The summed E-state index contributed by atoms with van der Waals surface area (Å²) in [4.78, 5) is 8.79. The van der Waals surface area contributed by atoms with E-state index < -0.39 is 0 Å². The standard InChI is InChI=1S/C14H24N4/c1-5-15-13-12(9(2)3)14(17-8-16-13)18-10(4)11-6-7-11/h8-11H,5-7H2,1-4H3,(H2,15,16,17,18). The Labute approximate surface area is 110 Å². The predicted octanol–water partition coefficient (Wildman–Crippen LogP) is 3.24. The Balaban J connectivity index is 2.23. The Hall–Kier alpha value is -1.32. The molecule has 1 aromatic heterocycles. The predicted molar refractivity (Wildman–Crippen MR) is 76.1 cm³/mol. The van der Waals surface area contributed by atoms with E-state index in [2.05, 4.69) is 48.3 Å². The molecule has 0 spiro atoms. The van der Waals surface area contributed by atoms with Crippen LogP contribution in [-0.4, -0.2) is 22.6 Å². The second-order valence-corrected chi connectivity index (χ2v) is 5.44. The van der Waals surface area contributed by atoms with Crippen LogP contribution in [0.15, 0.2) is 6.33 Å². The Morgan fingerprint density at radius 1 is 1.22 bits per heavy atom. The summed E-state index contributed by atoms with van der Waals surface area (Å²) in [5, 5.41) is 6.89. The molecule has 18 heavy (non-hydrogen) atoms. The van der Waals surface area contributed by atoms with Crippen molar-refractivity contribution in [1.29, 1.82) is 0 Å². The van der Waals surface area contributed by atoms with Crippen LogP contribution in [0.3, 0.4) is 0 Å². The van der Waals surface area contributed by atoms with Crippen molar-refractivity contribution in [1.82, 2.24) is 9.97 Å². The van der Waals surface area contributed by atoms with Gasteiger partial charge in [-0.1, -0.05) is 13.8 Å². The van der Waals surface area contributed by atoms with Crippen molar-refractivity contribution in [2.75, 3.05) is 17.2 Å². The highest BCUT2D eigenvalue weighted by molar-refractivity contribution is 5.59. The maximum atomic E-state index is 4.43. The molecule has 1 unspecified atom stereocenters. The monoisotopic (exact) mass is 248 g/mol. The fourth-order valence-electron chi connectivity index (χ4n) is 2.30. The molecule has 4 heteroatoms. The topological polar surface area (TPSA) is 49.8 Å². The van der Waals surface area contributed by atoms with Crippen LogP contribution < -0.4 is 10.6 Å². The van der Waals surface area contributed by atoms with Gasteiger partial charge in [0, 0.05) is 18.2 Å². The van der Waals surface area contributed by atoms with Gasteiger partial charge in [-0.2, -0.15) is 0 Å². The molecular formula is C14H24N4. The van der Waals surface area contributed by atoms with Crippen molar-refractivity contribution in [2.24, 2.45) is 5.92 Å². The number of nitrogens with zero attached hydrogens (tertiary/aromatic N) is 2. The van der Waals surface area contributed by atoms with E-state index in [1.165, 1.54) is 18.4 Å². The Bertz CT molecular complexity index is 399. The summed E-state index contributed by atoms with van der Waals surface area (Å²) in [6, 6.07) is 0.506. The minimum Gasteiger partial charge on any atom is -0.370 e. The normalized spacial score (nSPS) is 16.7. The maximum Gasteiger partial charge on any atom is 0.135 e. The molecule has 1 aromatic rings. The Kier molecular flexibility index (Phi) is 4.04. The summed E-state index contributed by atoms with van der Waals surface area (Å²) < 4.78 is 0. The van der Waals surface area contributed by atoms with Crippen molar-refractivity contribution >= 4 is 11.6 Å². The van der Waals surface area contributed by atoms with Crippen molar-refractivity contribution < 1.29 is 0 Å². The van der Waals surface area contributed by atoms with E-state index in [1.807, 2.05) is 0 Å². The van der Waals surface area contributed by atoms with E-state index >= 15 is 0 Å². The second-order valence-electron chi connectivity index (χ2n) is 5.44. The average molecular weight is 248 g/mol. The molecule has 0 aliphatic heterocycles. The lowest BCUT2D eigenvalue weighted by atomic mass is 10.0. The first-order valence-electron chi connectivity index (χ1n) is 6.98. The molecule has 0 radical (unpaired) electrons. The zero-order chi connectivity index (χ0) is 13.1. The first-order valence-corrected chi connectivity index (χ1v) is 6.98. The van der Waals surface area contributed by atoms with E-state index in [9.17, 15) is 0 Å². The molecule has 1 atom stereocenters. The highest BCUT2D eigenvalue weighted by Crippen LogP contribution is 2.35. The molecule has 100 valence electrons. The summed E-state index contributed by atoms with van der Waals surface area (Å²) in [5.41, 5.74) is 1.20. The molecule has 0 amide bonds. The molecule has 0 aromatic carbocycles. The zero-order valence-electron chi connectivity index (χ0n) is 11.8. The smallest absolute Gasteiger partial charge is 0.135 e. The number of hydrogen-bond acceptors (Lipinski definition) is 4. The van der Waals surface area contributed by atoms with Gasteiger partial charge in [-0.25, -0.2) is 9.97 Å². The SMILES string of the molecule is CCNc1ncnc(NC(C)C2CC2)c1C(C)C. The van der Waals surface area contributed by atoms with Crippen molar-refractivity contribution in [3.05, 3.63) is 11.9 Å². The summed E-state index contributed by atoms with van der Waals surface area (Å²) in [5.74, 6) is 3.19. The van der Waals surface area contributed by atoms with Gasteiger partial charge in [-0.15, -0.1) is 0 Å². The zero-order valence-corrected chi connectivity index (χ0v) is 11.8. The molecule has 1 saturated carbocycles. The maximum absolute atomic E-state index is 4.43. The van der Waals surface area contributed by atoms with Crippen LogP contribution in [0.5, 0.6) is 0 Å². The van der Waals surface area contributed by atoms with Gasteiger partial charge in [0.15, 0.2) is 0 Å². The van der Waals surface area contributed by atoms with E-state index in [0.717, 1.165) is 24.1 Å². The number of hydrogen-bond donors (Lipinski definition) is 2. The minimum atomic E-state index is 0.411. The summed E-state index contributed by atoms with van der Waals surface area (Å²) in [6.07, 6.45) is 4.33. The van der Waals surface area contributed by atoms with E-state index in [0.29, 0.717) is 12.0 Å².